The normalized spacial score (nSPS) is 11.4. The fraction of sp³-hybridized carbons (Fsp3) is 0.500. The van der Waals surface area contributed by atoms with Crippen LogP contribution in [0.25, 0.3) is 0 Å². The van der Waals surface area contributed by atoms with Crippen LogP contribution in [0, 0.1) is 13.8 Å². The molecule has 0 saturated carbocycles. The molecule has 2 rings (SSSR count). The Kier molecular flexibility index (Phi) is 8.39. The Balaban J connectivity index is 2.03. The first-order valence-corrected chi connectivity index (χ1v) is 10.1. The van der Waals surface area contributed by atoms with Crippen LogP contribution in [-0.4, -0.2) is 31.2 Å². The van der Waals surface area contributed by atoms with Crippen LogP contribution >= 0.6 is 11.3 Å². The zero-order chi connectivity index (χ0) is 19.6. The van der Waals surface area contributed by atoms with Crippen LogP contribution < -0.4 is 20.1 Å². The van der Waals surface area contributed by atoms with Crippen molar-refractivity contribution < 1.29 is 9.47 Å². The van der Waals surface area contributed by atoms with Gasteiger partial charge in [0, 0.05) is 11.4 Å². The summed E-state index contributed by atoms with van der Waals surface area (Å²) in [6, 6.07) is 5.95. The summed E-state index contributed by atoms with van der Waals surface area (Å²) in [6.45, 7) is 11.0. The van der Waals surface area contributed by atoms with Gasteiger partial charge in [-0.15, -0.1) is 11.3 Å². The number of aliphatic imine (C=N–C) groups is 1. The van der Waals surface area contributed by atoms with Gasteiger partial charge < -0.3 is 20.1 Å². The number of thiazole rings is 1. The molecule has 0 bridgehead atoms. The summed E-state index contributed by atoms with van der Waals surface area (Å²) in [6.07, 6.45) is 0.964. The van der Waals surface area contributed by atoms with Crippen LogP contribution in [0.5, 0.6) is 11.5 Å². The third kappa shape index (κ3) is 6.43. The highest BCUT2D eigenvalue weighted by Crippen LogP contribution is 2.28. The standard InChI is InChI=1S/C20H30N4O2S/c1-6-10-26-17-9-8-16(11-18(17)25-5)12-22-20(21-7-2)23-13-19-14(3)24-15(4)27-19/h8-9,11H,6-7,10,12-13H2,1-5H3,(H2,21,22,23). The molecule has 0 amide bonds. The van der Waals surface area contributed by atoms with E-state index in [1.54, 1.807) is 18.4 Å². The van der Waals surface area contributed by atoms with Crippen LogP contribution in [0.2, 0.25) is 0 Å². The quantitative estimate of drug-likeness (QED) is 0.503. The van der Waals surface area contributed by atoms with E-state index < -0.39 is 0 Å². The maximum Gasteiger partial charge on any atom is 0.191 e. The molecule has 1 aromatic carbocycles. The van der Waals surface area contributed by atoms with Crippen LogP contribution in [0.15, 0.2) is 23.2 Å². The summed E-state index contributed by atoms with van der Waals surface area (Å²) in [5.74, 6) is 2.30. The molecule has 0 aliphatic rings. The molecule has 1 aromatic heterocycles. The lowest BCUT2D eigenvalue weighted by Gasteiger charge is -2.12. The highest BCUT2D eigenvalue weighted by atomic mass is 32.1. The highest BCUT2D eigenvalue weighted by Gasteiger charge is 2.07. The summed E-state index contributed by atoms with van der Waals surface area (Å²) >= 11 is 1.72. The molecule has 0 spiro atoms. The molecule has 0 aliphatic heterocycles. The van der Waals surface area contributed by atoms with Gasteiger partial charge in [-0.25, -0.2) is 9.98 Å². The van der Waals surface area contributed by atoms with Gasteiger partial charge in [0.2, 0.25) is 0 Å². The van der Waals surface area contributed by atoms with Crippen molar-refractivity contribution >= 4 is 17.3 Å². The zero-order valence-electron chi connectivity index (χ0n) is 16.9. The smallest absolute Gasteiger partial charge is 0.191 e. The minimum absolute atomic E-state index is 0.556. The molecule has 0 saturated heterocycles. The third-order valence-electron chi connectivity index (χ3n) is 3.87. The predicted molar refractivity (Wildman–Crippen MR) is 112 cm³/mol. The van der Waals surface area contributed by atoms with Gasteiger partial charge in [0.05, 0.1) is 37.5 Å². The van der Waals surface area contributed by atoms with Gasteiger partial charge in [0.1, 0.15) is 0 Å². The summed E-state index contributed by atoms with van der Waals surface area (Å²) in [5.41, 5.74) is 2.14. The number of guanidine groups is 1. The predicted octanol–water partition coefficient (Wildman–Crippen LogP) is 3.81. The summed E-state index contributed by atoms with van der Waals surface area (Å²) in [7, 11) is 1.66. The average Bonchev–Trinajstić information content (AvgIpc) is 2.99. The van der Waals surface area contributed by atoms with Crippen LogP contribution in [0.1, 0.15) is 41.4 Å². The number of aromatic nitrogens is 1. The van der Waals surface area contributed by atoms with E-state index in [2.05, 4.69) is 34.5 Å². The van der Waals surface area contributed by atoms with Gasteiger partial charge in [-0.05, 0) is 44.9 Å². The Morgan fingerprint density at radius 1 is 1.19 bits per heavy atom. The average molecular weight is 391 g/mol. The number of nitrogens with zero attached hydrogens (tertiary/aromatic N) is 2. The first-order chi connectivity index (χ1) is 13.1. The number of ether oxygens (including phenoxy) is 2. The molecule has 0 aliphatic carbocycles. The highest BCUT2D eigenvalue weighted by molar-refractivity contribution is 7.11. The van der Waals surface area contributed by atoms with E-state index in [0.717, 1.165) is 53.2 Å². The molecule has 2 aromatic rings. The van der Waals surface area contributed by atoms with Crippen molar-refractivity contribution in [1.82, 2.24) is 15.6 Å². The second-order valence-electron chi connectivity index (χ2n) is 6.12. The van der Waals surface area contributed by atoms with E-state index in [4.69, 9.17) is 9.47 Å². The largest absolute Gasteiger partial charge is 0.493 e. The van der Waals surface area contributed by atoms with Crippen molar-refractivity contribution in [3.8, 4) is 11.5 Å². The monoisotopic (exact) mass is 390 g/mol. The minimum Gasteiger partial charge on any atom is -0.493 e. The molecule has 148 valence electrons. The Morgan fingerprint density at radius 3 is 2.63 bits per heavy atom. The molecule has 0 fully saturated rings. The molecule has 0 radical (unpaired) electrons. The van der Waals surface area contributed by atoms with Crippen LogP contribution in [0.3, 0.4) is 0 Å². The number of aryl methyl sites for hydroxylation is 2. The molecule has 27 heavy (non-hydrogen) atoms. The topological polar surface area (TPSA) is 67.8 Å². The molecule has 2 N–H and O–H groups in total. The Morgan fingerprint density at radius 2 is 2.00 bits per heavy atom. The van der Waals surface area contributed by atoms with Gasteiger partial charge in [-0.1, -0.05) is 13.0 Å². The number of hydrogen-bond donors (Lipinski definition) is 2. The molecule has 7 heteroatoms. The first kappa shape index (κ1) is 21.0. The second kappa shape index (κ2) is 10.8. The third-order valence-corrected chi connectivity index (χ3v) is 4.94. The van der Waals surface area contributed by atoms with Crippen LogP contribution in [0.4, 0.5) is 0 Å². The van der Waals surface area contributed by atoms with Crippen molar-refractivity contribution in [1.29, 1.82) is 0 Å². The van der Waals surface area contributed by atoms with E-state index in [1.807, 2.05) is 32.0 Å². The van der Waals surface area contributed by atoms with Crippen molar-refractivity contribution in [2.24, 2.45) is 4.99 Å². The Bertz CT molecular complexity index is 758. The van der Waals surface area contributed by atoms with E-state index in [9.17, 15) is 0 Å². The number of rotatable bonds is 9. The maximum absolute atomic E-state index is 5.71. The summed E-state index contributed by atoms with van der Waals surface area (Å²) < 4.78 is 11.2. The van der Waals surface area contributed by atoms with Crippen molar-refractivity contribution in [2.45, 2.75) is 47.2 Å². The zero-order valence-corrected chi connectivity index (χ0v) is 17.7. The molecule has 1 heterocycles. The summed E-state index contributed by atoms with van der Waals surface area (Å²) in [4.78, 5) is 10.4. The molecular weight excluding hydrogens is 360 g/mol. The fourth-order valence-electron chi connectivity index (χ4n) is 2.56. The van der Waals surface area contributed by atoms with E-state index in [1.165, 1.54) is 4.88 Å². The number of nitrogens with one attached hydrogen (secondary N) is 2. The van der Waals surface area contributed by atoms with Gasteiger partial charge >= 0.3 is 0 Å². The fourth-order valence-corrected chi connectivity index (χ4v) is 3.43. The molecule has 0 atom stereocenters. The van der Waals surface area contributed by atoms with Gasteiger partial charge in [-0.2, -0.15) is 0 Å². The molecule has 6 nitrogen and oxygen atoms in total. The van der Waals surface area contributed by atoms with Crippen molar-refractivity contribution in [3.63, 3.8) is 0 Å². The lowest BCUT2D eigenvalue weighted by atomic mass is 10.2. The van der Waals surface area contributed by atoms with Crippen molar-refractivity contribution in [2.75, 3.05) is 20.3 Å². The number of benzene rings is 1. The SMILES string of the molecule is CCCOc1ccc(CN=C(NCC)NCc2sc(C)nc2C)cc1OC. The molecule has 0 unspecified atom stereocenters. The van der Waals surface area contributed by atoms with Gasteiger partial charge in [0.15, 0.2) is 17.5 Å². The van der Waals surface area contributed by atoms with Gasteiger partial charge in [-0.3, -0.25) is 0 Å². The number of hydrogen-bond acceptors (Lipinski definition) is 5. The van der Waals surface area contributed by atoms with E-state index in [-0.39, 0.29) is 0 Å². The summed E-state index contributed by atoms with van der Waals surface area (Å²) in [5, 5.41) is 7.75. The number of methoxy groups -OCH3 is 1. The molecular formula is C20H30N4O2S. The lowest BCUT2D eigenvalue weighted by molar-refractivity contribution is 0.294. The maximum atomic E-state index is 5.71. The van der Waals surface area contributed by atoms with Crippen LogP contribution in [-0.2, 0) is 13.1 Å². The minimum atomic E-state index is 0.556. The Hall–Kier alpha value is -2.28. The van der Waals surface area contributed by atoms with E-state index >= 15 is 0 Å². The van der Waals surface area contributed by atoms with Crippen molar-refractivity contribution in [3.05, 3.63) is 39.3 Å². The first-order valence-electron chi connectivity index (χ1n) is 9.32. The van der Waals surface area contributed by atoms with Gasteiger partial charge in [0.25, 0.3) is 0 Å². The Labute approximate surface area is 166 Å². The second-order valence-corrected chi connectivity index (χ2v) is 7.41. The van der Waals surface area contributed by atoms with E-state index in [0.29, 0.717) is 13.2 Å². The lowest BCUT2D eigenvalue weighted by Crippen LogP contribution is -2.36.